The lowest BCUT2D eigenvalue weighted by Crippen LogP contribution is -2.30. The number of carbonyl (C=O) groups is 1. The van der Waals surface area contributed by atoms with Crippen molar-refractivity contribution in [3.63, 3.8) is 0 Å². The maximum absolute atomic E-state index is 12.3. The van der Waals surface area contributed by atoms with E-state index in [1.807, 2.05) is 43.3 Å². The fourth-order valence-electron chi connectivity index (χ4n) is 2.27. The number of carbonyl (C=O) groups excluding carboxylic acids is 1. The molecule has 2 N–H and O–H groups in total. The summed E-state index contributed by atoms with van der Waals surface area (Å²) in [4.78, 5) is 12.3. The third-order valence-corrected chi connectivity index (χ3v) is 6.03. The molecule has 3 aromatic rings. The van der Waals surface area contributed by atoms with Crippen LogP contribution in [0.3, 0.4) is 0 Å². The molecule has 1 atom stereocenters. The molecule has 0 spiro atoms. The van der Waals surface area contributed by atoms with Crippen LogP contribution in [-0.2, 0) is 11.3 Å². The Morgan fingerprint density at radius 3 is 2.79 bits per heavy atom. The molecule has 1 heterocycles. The third kappa shape index (κ3) is 5.85. The first-order chi connectivity index (χ1) is 13.5. The Morgan fingerprint density at radius 2 is 2.04 bits per heavy atom. The van der Waals surface area contributed by atoms with Crippen LogP contribution in [0.4, 0.5) is 10.8 Å². The molecule has 6 nitrogen and oxygen atoms in total. The van der Waals surface area contributed by atoms with Crippen LogP contribution >= 0.6 is 34.7 Å². The number of benzene rings is 2. The Bertz CT molecular complexity index is 934. The average Bonchev–Trinajstić information content (AvgIpc) is 3.14. The van der Waals surface area contributed by atoms with Crippen LogP contribution in [0, 0.1) is 0 Å². The van der Waals surface area contributed by atoms with Crippen LogP contribution in [0.1, 0.15) is 12.5 Å². The van der Waals surface area contributed by atoms with E-state index in [1.54, 1.807) is 19.2 Å². The van der Waals surface area contributed by atoms with Gasteiger partial charge in [0.25, 0.3) is 0 Å². The van der Waals surface area contributed by atoms with Gasteiger partial charge >= 0.3 is 0 Å². The second-order valence-corrected chi connectivity index (χ2v) is 8.84. The van der Waals surface area contributed by atoms with Gasteiger partial charge in [-0.2, -0.15) is 0 Å². The van der Waals surface area contributed by atoms with Crippen molar-refractivity contribution in [2.24, 2.45) is 0 Å². The second-order valence-electron chi connectivity index (χ2n) is 5.83. The molecular formula is C19H19ClN4O2S2. The molecule has 146 valence electrons. The van der Waals surface area contributed by atoms with Crippen molar-refractivity contribution in [3.05, 3.63) is 59.1 Å². The topological polar surface area (TPSA) is 76.1 Å². The fraction of sp³-hybridized carbons (Fsp3) is 0.211. The summed E-state index contributed by atoms with van der Waals surface area (Å²) in [5.41, 5.74) is 1.86. The number of aromatic nitrogens is 2. The van der Waals surface area contributed by atoms with Gasteiger partial charge in [-0.25, -0.2) is 0 Å². The maximum Gasteiger partial charge on any atom is 0.233 e. The van der Waals surface area contributed by atoms with Crippen LogP contribution in [0.25, 0.3) is 0 Å². The normalized spacial score (nSPS) is 11.7. The molecule has 0 bridgehead atoms. The molecule has 0 aliphatic heterocycles. The van der Waals surface area contributed by atoms with Gasteiger partial charge in [0.05, 0.1) is 12.4 Å². The van der Waals surface area contributed by atoms with E-state index >= 15 is 0 Å². The zero-order chi connectivity index (χ0) is 19.9. The van der Waals surface area contributed by atoms with E-state index in [4.69, 9.17) is 16.3 Å². The van der Waals surface area contributed by atoms with Crippen LogP contribution in [0.15, 0.2) is 52.9 Å². The molecular weight excluding hydrogens is 416 g/mol. The van der Waals surface area contributed by atoms with E-state index in [0.717, 1.165) is 21.3 Å². The molecule has 1 aromatic heterocycles. The van der Waals surface area contributed by atoms with Crippen LogP contribution in [0.2, 0.25) is 5.02 Å². The predicted molar refractivity (Wildman–Crippen MR) is 115 cm³/mol. The largest absolute Gasteiger partial charge is 0.497 e. The third-order valence-electron chi connectivity index (χ3n) is 3.75. The van der Waals surface area contributed by atoms with Gasteiger partial charge in [0, 0.05) is 23.3 Å². The molecule has 0 fully saturated rings. The van der Waals surface area contributed by atoms with Crippen LogP contribution in [0.5, 0.6) is 5.75 Å². The average molecular weight is 435 g/mol. The van der Waals surface area contributed by atoms with Crippen molar-refractivity contribution >= 4 is 51.4 Å². The van der Waals surface area contributed by atoms with Gasteiger partial charge in [-0.15, -0.1) is 10.2 Å². The maximum atomic E-state index is 12.3. The van der Waals surface area contributed by atoms with Gasteiger partial charge in [0.2, 0.25) is 11.0 Å². The van der Waals surface area contributed by atoms with Crippen LogP contribution < -0.4 is 15.4 Å². The summed E-state index contributed by atoms with van der Waals surface area (Å²) < 4.78 is 5.93. The molecule has 0 saturated carbocycles. The van der Waals surface area contributed by atoms with E-state index in [1.165, 1.54) is 23.1 Å². The number of hydrogen-bond acceptors (Lipinski definition) is 7. The fourth-order valence-corrected chi connectivity index (χ4v) is 4.34. The van der Waals surface area contributed by atoms with Crippen molar-refractivity contribution in [3.8, 4) is 5.75 Å². The molecule has 0 radical (unpaired) electrons. The molecule has 1 unspecified atom stereocenters. The van der Waals surface area contributed by atoms with Crippen molar-refractivity contribution in [1.82, 2.24) is 15.5 Å². The minimum atomic E-state index is -0.287. The van der Waals surface area contributed by atoms with E-state index in [-0.39, 0.29) is 11.2 Å². The highest BCUT2D eigenvalue weighted by Gasteiger charge is 2.17. The summed E-state index contributed by atoms with van der Waals surface area (Å²) in [5, 5.41) is 15.4. The summed E-state index contributed by atoms with van der Waals surface area (Å²) in [6.07, 6.45) is 0. The van der Waals surface area contributed by atoms with E-state index < -0.39 is 0 Å². The van der Waals surface area contributed by atoms with Gasteiger partial charge in [-0.05, 0) is 36.8 Å². The molecule has 0 saturated heterocycles. The minimum Gasteiger partial charge on any atom is -0.497 e. The van der Waals surface area contributed by atoms with E-state index in [2.05, 4.69) is 20.8 Å². The standard InChI is InChI=1S/C19H19ClN4O2S2/c1-12(17(25)21-11-13-6-8-14(20)9-7-13)27-19-24-23-18(28-19)22-15-4-3-5-16(10-15)26-2/h3-10,12H,11H2,1-2H3,(H,21,25)(H,22,23). The van der Waals surface area contributed by atoms with Crippen molar-refractivity contribution in [1.29, 1.82) is 0 Å². The highest BCUT2D eigenvalue weighted by Crippen LogP contribution is 2.31. The first kappa shape index (κ1) is 20.4. The summed E-state index contributed by atoms with van der Waals surface area (Å²) in [6.45, 7) is 2.30. The quantitative estimate of drug-likeness (QED) is 0.498. The first-order valence-corrected chi connectivity index (χ1v) is 10.5. The van der Waals surface area contributed by atoms with Crippen LogP contribution in [-0.4, -0.2) is 28.5 Å². The summed E-state index contributed by atoms with van der Waals surface area (Å²) in [6, 6.07) is 15.0. The van der Waals surface area contributed by atoms with Crippen molar-refractivity contribution in [2.75, 3.05) is 12.4 Å². The lowest BCUT2D eigenvalue weighted by Gasteiger charge is -2.10. The molecule has 28 heavy (non-hydrogen) atoms. The molecule has 0 aliphatic rings. The number of ether oxygens (including phenoxy) is 1. The zero-order valence-electron chi connectivity index (χ0n) is 15.3. The number of nitrogens with zero attached hydrogens (tertiary/aromatic N) is 2. The Labute approximate surface area is 176 Å². The lowest BCUT2D eigenvalue weighted by molar-refractivity contribution is -0.120. The highest BCUT2D eigenvalue weighted by molar-refractivity contribution is 8.02. The molecule has 3 rings (SSSR count). The molecule has 9 heteroatoms. The van der Waals surface area contributed by atoms with E-state index in [0.29, 0.717) is 16.7 Å². The molecule has 1 amide bonds. The monoisotopic (exact) mass is 434 g/mol. The zero-order valence-corrected chi connectivity index (χ0v) is 17.7. The second kappa shape index (κ2) is 9.77. The van der Waals surface area contributed by atoms with Gasteiger partial charge < -0.3 is 15.4 Å². The van der Waals surface area contributed by atoms with Crippen molar-refractivity contribution in [2.45, 2.75) is 23.1 Å². The number of anilines is 2. The highest BCUT2D eigenvalue weighted by atomic mass is 35.5. The number of nitrogens with one attached hydrogen (secondary N) is 2. The smallest absolute Gasteiger partial charge is 0.233 e. The number of methoxy groups -OCH3 is 1. The number of halogens is 1. The number of rotatable bonds is 8. The van der Waals surface area contributed by atoms with Gasteiger partial charge in [0.1, 0.15) is 5.75 Å². The summed E-state index contributed by atoms with van der Waals surface area (Å²) in [5.74, 6) is 0.701. The Morgan fingerprint density at radius 1 is 1.25 bits per heavy atom. The minimum absolute atomic E-state index is 0.0579. The SMILES string of the molecule is COc1cccc(Nc2nnc(SC(C)C(=O)NCc3ccc(Cl)cc3)s2)c1. The molecule has 2 aromatic carbocycles. The Kier molecular flexibility index (Phi) is 7.13. The number of thioether (sulfide) groups is 1. The number of amides is 1. The van der Waals surface area contributed by atoms with Gasteiger partial charge in [0.15, 0.2) is 4.34 Å². The van der Waals surface area contributed by atoms with E-state index in [9.17, 15) is 4.79 Å². The Hall–Kier alpha value is -2.29. The molecule has 0 aliphatic carbocycles. The van der Waals surface area contributed by atoms with Crippen molar-refractivity contribution < 1.29 is 9.53 Å². The summed E-state index contributed by atoms with van der Waals surface area (Å²) >= 11 is 8.64. The predicted octanol–water partition coefficient (Wildman–Crippen LogP) is 4.74. The lowest BCUT2D eigenvalue weighted by atomic mass is 10.2. The van der Waals surface area contributed by atoms with Gasteiger partial charge in [-0.1, -0.05) is 52.9 Å². The summed E-state index contributed by atoms with van der Waals surface area (Å²) in [7, 11) is 1.62. The van der Waals surface area contributed by atoms with Gasteiger partial charge in [-0.3, -0.25) is 4.79 Å². The first-order valence-electron chi connectivity index (χ1n) is 8.47. The Balaban J connectivity index is 1.51. The number of hydrogen-bond donors (Lipinski definition) is 2.